The second-order valence-corrected chi connectivity index (χ2v) is 3.51. The Labute approximate surface area is 92.3 Å². The average Bonchev–Trinajstić information content (AvgIpc) is 2.19. The molecule has 96 valence electrons. The highest BCUT2D eigenvalue weighted by atomic mass is 19.4. The largest absolute Gasteiger partial charge is 0.389 e. The number of rotatable bonds is 7. The molecule has 0 aliphatic rings. The molecule has 0 fully saturated rings. The third kappa shape index (κ3) is 9.72. The van der Waals surface area contributed by atoms with Crippen LogP contribution >= 0.6 is 0 Å². The number of nitrogens with one attached hydrogen (secondary N) is 1. The second-order valence-electron chi connectivity index (χ2n) is 3.51. The van der Waals surface area contributed by atoms with Gasteiger partial charge in [-0.3, -0.25) is 10.2 Å². The molecule has 0 spiro atoms. The van der Waals surface area contributed by atoms with Crippen LogP contribution in [0.1, 0.15) is 32.6 Å². The summed E-state index contributed by atoms with van der Waals surface area (Å²) in [6.07, 6.45) is -4.64. The van der Waals surface area contributed by atoms with Gasteiger partial charge in [-0.05, 0) is 19.8 Å². The first-order valence-electron chi connectivity index (χ1n) is 5.03. The molecule has 1 unspecified atom stereocenters. The summed E-state index contributed by atoms with van der Waals surface area (Å²) in [6.45, 7) is 1.75. The molecule has 0 heterocycles. The van der Waals surface area contributed by atoms with E-state index < -0.39 is 12.6 Å². The first kappa shape index (κ1) is 15.2. The van der Waals surface area contributed by atoms with Crippen molar-refractivity contribution in [2.45, 2.75) is 44.9 Å². The number of carbonyl (C=O) groups is 1. The van der Waals surface area contributed by atoms with E-state index in [2.05, 4.69) is 0 Å². The van der Waals surface area contributed by atoms with Crippen LogP contribution in [0.3, 0.4) is 0 Å². The summed E-state index contributed by atoms with van der Waals surface area (Å²) >= 11 is 0. The van der Waals surface area contributed by atoms with E-state index in [-0.39, 0.29) is 31.5 Å². The molecule has 16 heavy (non-hydrogen) atoms. The average molecular weight is 242 g/mol. The minimum Gasteiger partial charge on any atom is -0.378 e. The van der Waals surface area contributed by atoms with Gasteiger partial charge in [0.2, 0.25) is 5.91 Å². The van der Waals surface area contributed by atoms with E-state index in [9.17, 15) is 18.0 Å². The maximum atomic E-state index is 11.8. The van der Waals surface area contributed by atoms with Crippen molar-refractivity contribution < 1.29 is 22.7 Å². The van der Waals surface area contributed by atoms with E-state index in [0.29, 0.717) is 6.42 Å². The van der Waals surface area contributed by atoms with E-state index in [1.165, 1.54) is 0 Å². The maximum absolute atomic E-state index is 11.8. The fourth-order valence-corrected chi connectivity index (χ4v) is 1.05. The molecule has 4 nitrogen and oxygen atoms in total. The third-order valence-corrected chi connectivity index (χ3v) is 1.95. The Bertz CT molecular complexity index is 209. The Balaban J connectivity index is 3.44. The zero-order valence-electron chi connectivity index (χ0n) is 9.14. The van der Waals surface area contributed by atoms with Crippen LogP contribution in [0.25, 0.3) is 0 Å². The van der Waals surface area contributed by atoms with Crippen molar-refractivity contribution in [2.24, 2.45) is 5.84 Å². The van der Waals surface area contributed by atoms with E-state index in [0.717, 1.165) is 0 Å². The van der Waals surface area contributed by atoms with Gasteiger partial charge in [0, 0.05) is 19.4 Å². The first-order valence-corrected chi connectivity index (χ1v) is 5.03. The topological polar surface area (TPSA) is 64.4 Å². The van der Waals surface area contributed by atoms with Crippen molar-refractivity contribution in [1.82, 2.24) is 5.43 Å². The molecule has 0 aliphatic carbocycles. The van der Waals surface area contributed by atoms with E-state index in [1.54, 1.807) is 6.92 Å². The molecular weight excluding hydrogens is 225 g/mol. The molecule has 1 amide bonds. The lowest BCUT2D eigenvalue weighted by Crippen LogP contribution is -2.30. The summed E-state index contributed by atoms with van der Waals surface area (Å²) in [7, 11) is 0. The minimum absolute atomic E-state index is 0.0465. The molecule has 0 radical (unpaired) electrons. The van der Waals surface area contributed by atoms with Gasteiger partial charge in [-0.25, -0.2) is 5.84 Å². The smallest absolute Gasteiger partial charge is 0.378 e. The summed E-state index contributed by atoms with van der Waals surface area (Å²) in [5.74, 6) is 4.55. The number of carbonyl (C=O) groups excluding carboxylic acids is 1. The lowest BCUT2D eigenvalue weighted by atomic mass is 10.2. The fourth-order valence-electron chi connectivity index (χ4n) is 1.05. The number of hydrogen-bond acceptors (Lipinski definition) is 3. The van der Waals surface area contributed by atoms with Gasteiger partial charge in [0.1, 0.15) is 0 Å². The van der Waals surface area contributed by atoms with Crippen LogP contribution in [-0.2, 0) is 9.53 Å². The number of hydrogen-bond donors (Lipinski definition) is 2. The van der Waals surface area contributed by atoms with Gasteiger partial charge in [0.25, 0.3) is 0 Å². The summed E-state index contributed by atoms with van der Waals surface area (Å²) in [4.78, 5) is 10.7. The fraction of sp³-hybridized carbons (Fsp3) is 0.889. The molecule has 0 aromatic rings. The number of hydrazine groups is 1. The van der Waals surface area contributed by atoms with Crippen LogP contribution in [0.2, 0.25) is 0 Å². The van der Waals surface area contributed by atoms with Crippen molar-refractivity contribution in [3.63, 3.8) is 0 Å². The first-order chi connectivity index (χ1) is 7.35. The van der Waals surface area contributed by atoms with Crippen LogP contribution in [0, 0.1) is 0 Å². The van der Waals surface area contributed by atoms with Crippen molar-refractivity contribution in [2.75, 3.05) is 6.61 Å². The number of alkyl halides is 3. The van der Waals surface area contributed by atoms with Crippen LogP contribution in [0.15, 0.2) is 0 Å². The summed E-state index contributed by atoms with van der Waals surface area (Å²) in [5, 5.41) is 0. The highest BCUT2D eigenvalue weighted by molar-refractivity contribution is 5.75. The zero-order valence-corrected chi connectivity index (χ0v) is 9.14. The highest BCUT2D eigenvalue weighted by Gasteiger charge is 2.26. The third-order valence-electron chi connectivity index (χ3n) is 1.95. The number of halogens is 3. The van der Waals surface area contributed by atoms with Crippen molar-refractivity contribution in [1.29, 1.82) is 0 Å². The van der Waals surface area contributed by atoms with E-state index in [4.69, 9.17) is 10.6 Å². The van der Waals surface area contributed by atoms with Gasteiger partial charge in [0.05, 0.1) is 6.10 Å². The Morgan fingerprint density at radius 1 is 1.50 bits per heavy atom. The Morgan fingerprint density at radius 3 is 2.62 bits per heavy atom. The normalized spacial score (nSPS) is 13.6. The predicted octanol–water partition coefficient (Wildman–Crippen LogP) is 1.50. The SMILES string of the molecule is CC(CCC(=O)NN)OCCCC(F)(F)F. The lowest BCUT2D eigenvalue weighted by Gasteiger charge is -2.13. The minimum atomic E-state index is -4.13. The lowest BCUT2D eigenvalue weighted by molar-refractivity contribution is -0.138. The highest BCUT2D eigenvalue weighted by Crippen LogP contribution is 2.21. The quantitative estimate of drug-likeness (QED) is 0.308. The molecule has 0 saturated heterocycles. The molecule has 7 heteroatoms. The summed E-state index contributed by atoms with van der Waals surface area (Å²) < 4.78 is 40.4. The number of ether oxygens (including phenoxy) is 1. The van der Waals surface area contributed by atoms with E-state index in [1.807, 2.05) is 5.43 Å². The predicted molar refractivity (Wildman–Crippen MR) is 52.3 cm³/mol. The standard InChI is InChI=1S/C9H17F3N2O2/c1-7(3-4-8(15)14-13)16-6-2-5-9(10,11)12/h7H,2-6,13H2,1H3,(H,14,15). The molecule has 0 saturated carbocycles. The molecule has 1 atom stereocenters. The van der Waals surface area contributed by atoms with Gasteiger partial charge in [-0.2, -0.15) is 13.2 Å². The van der Waals surface area contributed by atoms with Crippen LogP contribution in [0.4, 0.5) is 13.2 Å². The summed E-state index contributed by atoms with van der Waals surface area (Å²) in [6, 6.07) is 0. The van der Waals surface area contributed by atoms with Gasteiger partial charge in [-0.15, -0.1) is 0 Å². The monoisotopic (exact) mass is 242 g/mol. The molecule has 0 aliphatic heterocycles. The number of nitrogens with two attached hydrogens (primary N) is 1. The van der Waals surface area contributed by atoms with Crippen molar-refractivity contribution in [3.05, 3.63) is 0 Å². The molecule has 3 N–H and O–H groups in total. The Kier molecular flexibility index (Phi) is 7.07. The Hall–Kier alpha value is -0.820. The van der Waals surface area contributed by atoms with Gasteiger partial charge >= 0.3 is 6.18 Å². The molecule has 0 bridgehead atoms. The number of amides is 1. The van der Waals surface area contributed by atoms with Gasteiger partial charge < -0.3 is 4.74 Å². The maximum Gasteiger partial charge on any atom is 0.389 e. The molecule has 0 rings (SSSR count). The second kappa shape index (κ2) is 7.45. The molecule has 0 aromatic heterocycles. The van der Waals surface area contributed by atoms with Crippen LogP contribution < -0.4 is 11.3 Å². The zero-order chi connectivity index (χ0) is 12.6. The van der Waals surface area contributed by atoms with Crippen molar-refractivity contribution >= 4 is 5.91 Å². The molecular formula is C9H17F3N2O2. The van der Waals surface area contributed by atoms with Crippen LogP contribution in [-0.4, -0.2) is 24.8 Å². The van der Waals surface area contributed by atoms with Gasteiger partial charge in [-0.1, -0.05) is 0 Å². The van der Waals surface area contributed by atoms with Gasteiger partial charge in [0.15, 0.2) is 0 Å². The molecule has 0 aromatic carbocycles. The van der Waals surface area contributed by atoms with Crippen molar-refractivity contribution in [3.8, 4) is 0 Å². The van der Waals surface area contributed by atoms with E-state index >= 15 is 0 Å². The summed E-state index contributed by atoms with van der Waals surface area (Å²) in [5.41, 5.74) is 1.96. The van der Waals surface area contributed by atoms with Crippen LogP contribution in [0.5, 0.6) is 0 Å². The Morgan fingerprint density at radius 2 is 2.12 bits per heavy atom.